The maximum Gasteiger partial charge on any atom is 0.269 e. The number of hydrogen-bond acceptors (Lipinski definition) is 7. The highest BCUT2D eigenvalue weighted by molar-refractivity contribution is 5.68. The molecule has 27 heavy (non-hydrogen) atoms. The Morgan fingerprint density at radius 3 is 1.37 bits per heavy atom. The molecule has 0 spiro atoms. The van der Waals surface area contributed by atoms with E-state index in [2.05, 4.69) is 10.2 Å². The summed E-state index contributed by atoms with van der Waals surface area (Å²) in [5, 5.41) is 29.0. The molecule has 0 fully saturated rings. The maximum atomic E-state index is 10.6. The van der Waals surface area contributed by atoms with Crippen molar-refractivity contribution < 1.29 is 14.3 Å². The van der Waals surface area contributed by atoms with E-state index in [4.69, 9.17) is 4.42 Å². The molecule has 0 aliphatic heterocycles. The third-order valence-electron chi connectivity index (χ3n) is 3.50. The average Bonchev–Trinajstić information content (AvgIpc) is 3.13. The molecule has 0 amide bonds. The van der Waals surface area contributed by atoms with Crippen molar-refractivity contribution in [2.45, 2.75) is 0 Å². The number of nitro benzene ring substituents is 2. The monoisotopic (exact) mass is 364 g/mol. The Morgan fingerprint density at radius 1 is 0.667 bits per heavy atom. The largest absolute Gasteiger partial charge is 0.417 e. The van der Waals surface area contributed by atoms with Crippen molar-refractivity contribution >= 4 is 35.7 Å². The third-order valence-corrected chi connectivity index (χ3v) is 3.50. The van der Waals surface area contributed by atoms with Crippen LogP contribution < -0.4 is 0 Å². The zero-order valence-corrected chi connectivity index (χ0v) is 13.8. The highest BCUT2D eigenvalue weighted by Gasteiger charge is 2.04. The lowest BCUT2D eigenvalue weighted by atomic mass is 10.2. The molecule has 0 radical (unpaired) electrons. The van der Waals surface area contributed by atoms with Crippen LogP contribution in [0.3, 0.4) is 0 Å². The Bertz CT molecular complexity index is 939. The van der Waals surface area contributed by atoms with Crippen LogP contribution in [-0.4, -0.2) is 20.0 Å². The van der Waals surface area contributed by atoms with Gasteiger partial charge in [-0.15, -0.1) is 10.2 Å². The lowest BCUT2D eigenvalue weighted by molar-refractivity contribution is -0.385. The van der Waals surface area contributed by atoms with Gasteiger partial charge >= 0.3 is 0 Å². The Balaban J connectivity index is 1.65. The first-order valence-electron chi connectivity index (χ1n) is 7.70. The molecular formula is C18H12N4O5. The van der Waals surface area contributed by atoms with Crippen molar-refractivity contribution in [1.29, 1.82) is 0 Å². The van der Waals surface area contributed by atoms with Gasteiger partial charge in [0.1, 0.15) is 0 Å². The fraction of sp³-hybridized carbons (Fsp3) is 0. The molecule has 9 nitrogen and oxygen atoms in total. The van der Waals surface area contributed by atoms with Crippen LogP contribution in [0, 0.1) is 20.2 Å². The molecule has 9 heteroatoms. The molecule has 3 aromatic rings. The van der Waals surface area contributed by atoms with Gasteiger partial charge in [-0.25, -0.2) is 0 Å². The number of non-ortho nitro benzene ring substituents is 2. The van der Waals surface area contributed by atoms with E-state index in [-0.39, 0.29) is 23.2 Å². The number of nitrogens with zero attached hydrogens (tertiary/aromatic N) is 4. The first kappa shape index (κ1) is 17.7. The zero-order chi connectivity index (χ0) is 19.2. The second kappa shape index (κ2) is 7.83. The summed E-state index contributed by atoms with van der Waals surface area (Å²) < 4.78 is 5.44. The number of benzene rings is 2. The molecule has 0 aliphatic carbocycles. The van der Waals surface area contributed by atoms with Crippen LogP contribution in [0.4, 0.5) is 11.4 Å². The van der Waals surface area contributed by atoms with Crippen LogP contribution >= 0.6 is 0 Å². The number of rotatable bonds is 6. The van der Waals surface area contributed by atoms with E-state index in [1.54, 1.807) is 48.6 Å². The van der Waals surface area contributed by atoms with Gasteiger partial charge < -0.3 is 4.42 Å². The standard InChI is InChI=1S/C18H12N4O5/c23-21(24)15-7-1-13(2-8-15)5-11-17-19-20-18(27-17)12-6-14-3-9-16(10-4-14)22(25)26/h1-12H. The molecule has 0 saturated carbocycles. The second-order valence-electron chi connectivity index (χ2n) is 5.34. The van der Waals surface area contributed by atoms with Crippen LogP contribution in [0.5, 0.6) is 0 Å². The summed E-state index contributed by atoms with van der Waals surface area (Å²) in [4.78, 5) is 20.3. The van der Waals surface area contributed by atoms with Crippen molar-refractivity contribution in [3.05, 3.63) is 91.7 Å². The van der Waals surface area contributed by atoms with Crippen LogP contribution in [0.2, 0.25) is 0 Å². The third kappa shape index (κ3) is 4.69. The summed E-state index contributed by atoms with van der Waals surface area (Å²) in [7, 11) is 0. The van der Waals surface area contributed by atoms with Crippen LogP contribution in [0.1, 0.15) is 22.9 Å². The highest BCUT2D eigenvalue weighted by Crippen LogP contribution is 2.16. The van der Waals surface area contributed by atoms with Crippen molar-refractivity contribution in [2.75, 3.05) is 0 Å². The zero-order valence-electron chi connectivity index (χ0n) is 13.8. The minimum Gasteiger partial charge on any atom is -0.417 e. The van der Waals surface area contributed by atoms with E-state index < -0.39 is 9.85 Å². The van der Waals surface area contributed by atoms with Crippen LogP contribution in [-0.2, 0) is 0 Å². The summed E-state index contributed by atoms with van der Waals surface area (Å²) in [5.41, 5.74) is 1.54. The van der Waals surface area contributed by atoms with Crippen molar-refractivity contribution in [3.8, 4) is 0 Å². The quantitative estimate of drug-likeness (QED) is 0.473. The van der Waals surface area contributed by atoms with E-state index >= 15 is 0 Å². The topological polar surface area (TPSA) is 125 Å². The average molecular weight is 364 g/mol. The first-order chi connectivity index (χ1) is 13.0. The predicted octanol–water partition coefficient (Wildman–Crippen LogP) is 4.23. The van der Waals surface area contributed by atoms with E-state index in [1.807, 2.05) is 0 Å². The number of hydrogen-bond donors (Lipinski definition) is 0. The Morgan fingerprint density at radius 2 is 1.04 bits per heavy atom. The van der Waals surface area contributed by atoms with Crippen LogP contribution in [0.15, 0.2) is 52.9 Å². The molecule has 1 aromatic heterocycles. The summed E-state index contributed by atoms with van der Waals surface area (Å²) >= 11 is 0. The fourth-order valence-electron chi connectivity index (χ4n) is 2.13. The minimum atomic E-state index is -0.463. The molecule has 0 unspecified atom stereocenters. The maximum absolute atomic E-state index is 10.6. The molecule has 0 aliphatic rings. The van der Waals surface area contributed by atoms with Gasteiger partial charge in [0.25, 0.3) is 11.4 Å². The lowest BCUT2D eigenvalue weighted by Gasteiger charge is -1.93. The van der Waals surface area contributed by atoms with E-state index in [0.29, 0.717) is 0 Å². The molecule has 2 aromatic carbocycles. The Labute approximate surface area is 152 Å². The molecule has 0 saturated heterocycles. The van der Waals surface area contributed by atoms with Gasteiger partial charge in [-0.05, 0) is 47.5 Å². The summed E-state index contributed by atoms with van der Waals surface area (Å²) in [5.74, 6) is 0.549. The molecular weight excluding hydrogens is 352 g/mol. The van der Waals surface area contributed by atoms with Gasteiger partial charge in [0.2, 0.25) is 11.8 Å². The lowest BCUT2D eigenvalue weighted by Crippen LogP contribution is -1.86. The molecule has 0 atom stereocenters. The van der Waals surface area contributed by atoms with E-state index in [1.165, 1.54) is 24.3 Å². The van der Waals surface area contributed by atoms with Crippen molar-refractivity contribution in [2.24, 2.45) is 0 Å². The van der Waals surface area contributed by atoms with Crippen molar-refractivity contribution in [3.63, 3.8) is 0 Å². The van der Waals surface area contributed by atoms with E-state index in [9.17, 15) is 20.2 Å². The Kier molecular flexibility index (Phi) is 5.12. The van der Waals surface area contributed by atoms with Gasteiger partial charge in [-0.3, -0.25) is 20.2 Å². The molecule has 3 rings (SSSR count). The first-order valence-corrected chi connectivity index (χ1v) is 7.70. The van der Waals surface area contributed by atoms with Gasteiger partial charge in [-0.1, -0.05) is 0 Å². The van der Waals surface area contributed by atoms with Gasteiger partial charge in [0.05, 0.1) is 9.85 Å². The summed E-state index contributed by atoms with van der Waals surface area (Å²) in [6.45, 7) is 0. The minimum absolute atomic E-state index is 0.0172. The SMILES string of the molecule is O=[N+]([O-])c1ccc(C=Cc2nnc(C=Cc3ccc([N+](=O)[O-])cc3)o2)cc1. The van der Waals surface area contributed by atoms with Gasteiger partial charge in [0.15, 0.2) is 0 Å². The van der Waals surface area contributed by atoms with E-state index in [0.717, 1.165) is 11.1 Å². The molecule has 134 valence electrons. The molecule has 0 bridgehead atoms. The normalized spacial score (nSPS) is 11.3. The summed E-state index contributed by atoms with van der Waals surface area (Å²) in [6.07, 6.45) is 6.58. The van der Waals surface area contributed by atoms with Gasteiger partial charge in [0, 0.05) is 36.4 Å². The Hall–Kier alpha value is -4.14. The predicted molar refractivity (Wildman–Crippen MR) is 98.3 cm³/mol. The highest BCUT2D eigenvalue weighted by atomic mass is 16.6. The molecule has 1 heterocycles. The second-order valence-corrected chi connectivity index (χ2v) is 5.34. The van der Waals surface area contributed by atoms with Gasteiger partial charge in [-0.2, -0.15) is 0 Å². The molecule has 0 N–H and O–H groups in total. The summed E-state index contributed by atoms with van der Waals surface area (Å²) in [6, 6.07) is 12.1. The van der Waals surface area contributed by atoms with Crippen LogP contribution in [0.25, 0.3) is 24.3 Å². The number of aromatic nitrogens is 2. The fourth-order valence-corrected chi connectivity index (χ4v) is 2.13. The smallest absolute Gasteiger partial charge is 0.269 e. The number of nitro groups is 2. The van der Waals surface area contributed by atoms with Crippen molar-refractivity contribution in [1.82, 2.24) is 10.2 Å².